The van der Waals surface area contributed by atoms with E-state index in [9.17, 15) is 53.9 Å². The summed E-state index contributed by atoms with van der Waals surface area (Å²) in [4.78, 5) is 34.8. The molecule has 0 radical (unpaired) electrons. The number of aromatic amines is 1. The molecule has 1 amide bonds. The zero-order chi connectivity index (χ0) is 31.9. The van der Waals surface area contributed by atoms with Gasteiger partial charge in [-0.05, 0) is 48.2 Å². The molecule has 2 aromatic carbocycles. The molecule has 0 fully saturated rings. The van der Waals surface area contributed by atoms with Gasteiger partial charge in [0.2, 0.25) is 5.91 Å². The minimum Gasteiger partial charge on any atom is -0.380 e. The van der Waals surface area contributed by atoms with Gasteiger partial charge in [-0.3, -0.25) is 14.4 Å². The number of benzene rings is 2. The van der Waals surface area contributed by atoms with Gasteiger partial charge < -0.3 is 15.6 Å². The molecular formula is C27H26F9N3O3. The van der Waals surface area contributed by atoms with Gasteiger partial charge >= 0.3 is 30.1 Å². The Morgan fingerprint density at radius 1 is 0.810 bits per heavy atom. The van der Waals surface area contributed by atoms with Gasteiger partial charge in [0.25, 0.3) is 0 Å². The van der Waals surface area contributed by atoms with Crippen molar-refractivity contribution in [1.82, 2.24) is 10.3 Å². The summed E-state index contributed by atoms with van der Waals surface area (Å²) in [5.41, 5.74) is 2.06. The van der Waals surface area contributed by atoms with Crippen LogP contribution in [0.2, 0.25) is 0 Å². The number of amides is 1. The number of H-pyrrole nitrogens is 1. The van der Waals surface area contributed by atoms with Crippen LogP contribution < -0.4 is 10.6 Å². The minimum atomic E-state index is -5.77. The first-order chi connectivity index (χ1) is 19.3. The number of fused-ring (bicyclic) bond motifs is 1. The molecule has 0 saturated heterocycles. The Kier molecular flexibility index (Phi) is 11.2. The smallest absolute Gasteiger partial charge is 0.380 e. The fourth-order valence-corrected chi connectivity index (χ4v) is 3.58. The van der Waals surface area contributed by atoms with Gasteiger partial charge in [0.1, 0.15) is 0 Å². The number of halogens is 9. The normalized spacial score (nSPS) is 12.9. The van der Waals surface area contributed by atoms with E-state index in [1.54, 1.807) is 0 Å². The molecule has 0 aliphatic rings. The molecule has 0 bridgehead atoms. The lowest BCUT2D eigenvalue weighted by Crippen LogP contribution is -2.39. The number of anilines is 1. The Balaban J connectivity index is 0.000000435. The van der Waals surface area contributed by atoms with E-state index in [1.807, 2.05) is 44.3 Å². The van der Waals surface area contributed by atoms with Gasteiger partial charge in [-0.25, -0.2) is 0 Å². The highest BCUT2D eigenvalue weighted by molar-refractivity contribution is 6.41. The maximum atomic E-state index is 12.7. The molecule has 1 heterocycles. The third-order valence-corrected chi connectivity index (χ3v) is 5.91. The summed E-state index contributed by atoms with van der Waals surface area (Å²) < 4.78 is 105. The number of hydrogen-bond donors (Lipinski definition) is 3. The zero-order valence-corrected chi connectivity index (χ0v) is 22.1. The maximum absolute atomic E-state index is 12.7. The molecule has 3 aromatic rings. The summed E-state index contributed by atoms with van der Waals surface area (Å²) in [7, 11) is 0. The number of Topliss-reactive ketones (excluding diaryl/α,β-unsaturated/α-hetero) is 2. The number of nitrogens with one attached hydrogen (secondary N) is 3. The van der Waals surface area contributed by atoms with E-state index in [0.29, 0.717) is 25.1 Å². The van der Waals surface area contributed by atoms with Gasteiger partial charge in [0.05, 0.1) is 5.56 Å². The van der Waals surface area contributed by atoms with Crippen LogP contribution in [0.5, 0.6) is 0 Å². The van der Waals surface area contributed by atoms with Gasteiger partial charge in [0.15, 0.2) is 0 Å². The van der Waals surface area contributed by atoms with Crippen molar-refractivity contribution in [2.75, 3.05) is 11.9 Å². The molecule has 230 valence electrons. The Bertz CT molecular complexity index is 1340. The third-order valence-electron chi connectivity index (χ3n) is 5.91. The van der Waals surface area contributed by atoms with Crippen molar-refractivity contribution in [3.63, 3.8) is 0 Å². The van der Waals surface area contributed by atoms with Crippen molar-refractivity contribution >= 4 is 34.1 Å². The molecule has 0 spiro atoms. The lowest BCUT2D eigenvalue weighted by Gasteiger charge is -2.24. The molecule has 42 heavy (non-hydrogen) atoms. The highest BCUT2D eigenvalue weighted by Crippen LogP contribution is 2.30. The van der Waals surface area contributed by atoms with E-state index >= 15 is 0 Å². The van der Waals surface area contributed by atoms with Crippen LogP contribution >= 0.6 is 0 Å². The van der Waals surface area contributed by atoms with Crippen LogP contribution in [0.3, 0.4) is 0 Å². The minimum absolute atomic E-state index is 0.0554. The van der Waals surface area contributed by atoms with E-state index in [2.05, 4.69) is 15.6 Å². The van der Waals surface area contributed by atoms with E-state index in [0.717, 1.165) is 28.6 Å². The van der Waals surface area contributed by atoms with E-state index in [-0.39, 0.29) is 17.9 Å². The van der Waals surface area contributed by atoms with Gasteiger partial charge in [-0.15, -0.1) is 0 Å². The molecule has 1 atom stereocenters. The van der Waals surface area contributed by atoms with Crippen LogP contribution in [0.15, 0.2) is 54.7 Å². The Morgan fingerprint density at radius 3 is 1.86 bits per heavy atom. The lowest BCUT2D eigenvalue weighted by atomic mass is 10.0. The molecule has 0 aliphatic carbocycles. The average Bonchev–Trinajstić information content (AvgIpc) is 3.31. The van der Waals surface area contributed by atoms with Crippen molar-refractivity contribution in [2.24, 2.45) is 5.92 Å². The Labute approximate surface area is 233 Å². The van der Waals surface area contributed by atoms with E-state index < -0.39 is 35.7 Å². The topological polar surface area (TPSA) is 91.1 Å². The predicted octanol–water partition coefficient (Wildman–Crippen LogP) is 6.62. The van der Waals surface area contributed by atoms with Crippen molar-refractivity contribution in [2.45, 2.75) is 51.3 Å². The summed E-state index contributed by atoms with van der Waals surface area (Å²) in [6.45, 7) is 4.39. The fraction of sp³-hybridized carbons (Fsp3) is 0.370. The molecule has 1 aromatic heterocycles. The number of ketones is 2. The number of aromatic nitrogens is 1. The summed E-state index contributed by atoms with van der Waals surface area (Å²) in [5.74, 6) is -6.69. The van der Waals surface area contributed by atoms with Gasteiger partial charge in [-0.2, -0.15) is 39.5 Å². The first kappa shape index (κ1) is 34.2. The molecule has 0 saturated carbocycles. The van der Waals surface area contributed by atoms with Gasteiger partial charge in [-0.1, -0.05) is 32.0 Å². The average molecular weight is 612 g/mol. The summed E-state index contributed by atoms with van der Waals surface area (Å²) in [6.07, 6.45) is -13.0. The van der Waals surface area contributed by atoms with Crippen molar-refractivity contribution in [3.8, 4) is 0 Å². The molecule has 15 heteroatoms. The Hall–Kier alpha value is -4.04. The Morgan fingerprint density at radius 2 is 1.36 bits per heavy atom. The monoisotopic (exact) mass is 611 g/mol. The SMILES string of the molecule is CC(C)[C@H](CNC(=O)CCc1c[nH]c2ccccc12)Nc1ccc(C(F)(F)F)cc1.O=C(C(=O)C(F)(F)F)C(F)(F)F. The number of rotatable bonds is 9. The van der Waals surface area contributed by atoms with Crippen LogP contribution in [-0.2, 0) is 27.0 Å². The summed E-state index contributed by atoms with van der Waals surface area (Å²) >= 11 is 0. The van der Waals surface area contributed by atoms with E-state index in [4.69, 9.17) is 0 Å². The predicted molar refractivity (Wildman–Crippen MR) is 135 cm³/mol. The van der Waals surface area contributed by atoms with E-state index in [1.165, 1.54) is 12.1 Å². The van der Waals surface area contributed by atoms with Crippen LogP contribution in [-0.4, -0.2) is 47.4 Å². The fourth-order valence-electron chi connectivity index (χ4n) is 3.58. The van der Waals surface area contributed by atoms with Crippen LogP contribution in [0.1, 0.15) is 31.4 Å². The highest BCUT2D eigenvalue weighted by atomic mass is 19.4. The number of hydrogen-bond acceptors (Lipinski definition) is 4. The third kappa shape index (κ3) is 10.1. The molecule has 0 unspecified atom stereocenters. The second kappa shape index (κ2) is 13.7. The van der Waals surface area contributed by atoms with Crippen molar-refractivity contribution in [3.05, 3.63) is 65.9 Å². The molecule has 6 nitrogen and oxygen atoms in total. The van der Waals surface area contributed by atoms with Crippen molar-refractivity contribution < 1.29 is 53.9 Å². The first-order valence-electron chi connectivity index (χ1n) is 12.3. The number of aryl methyl sites for hydroxylation is 1. The molecular weight excluding hydrogens is 585 g/mol. The van der Waals surface area contributed by atoms with Crippen LogP contribution in [0.25, 0.3) is 10.9 Å². The standard InChI is InChI=1S/C23H26F3N3O.C4F6O2/c1-15(2)21(29-18-10-8-17(9-11-18)23(24,25)26)14-28-22(30)12-7-16-13-27-20-6-4-3-5-19(16)20;5-3(6,7)1(11)2(12)4(8,9)10/h3-6,8-11,13,15,21,27,29H,7,12,14H2,1-2H3,(H,28,30);/t21-;/m0./s1. The van der Waals surface area contributed by atoms with Crippen LogP contribution in [0.4, 0.5) is 45.2 Å². The summed E-state index contributed by atoms with van der Waals surface area (Å²) in [5, 5.41) is 7.28. The second-order valence-electron chi connectivity index (χ2n) is 9.39. The number of carbonyl (C=O) groups is 3. The zero-order valence-electron chi connectivity index (χ0n) is 22.1. The molecule has 3 rings (SSSR count). The highest BCUT2D eigenvalue weighted by Gasteiger charge is 2.54. The maximum Gasteiger partial charge on any atom is 0.458 e. The summed E-state index contributed by atoms with van der Waals surface area (Å²) in [6, 6.07) is 12.8. The molecule has 0 aliphatic heterocycles. The van der Waals surface area contributed by atoms with Crippen molar-refractivity contribution in [1.29, 1.82) is 0 Å². The number of para-hydroxylation sites is 1. The first-order valence-corrected chi connectivity index (χ1v) is 12.3. The number of carbonyl (C=O) groups excluding carboxylic acids is 3. The number of alkyl halides is 9. The second-order valence-corrected chi connectivity index (χ2v) is 9.39. The quantitative estimate of drug-likeness (QED) is 0.187. The van der Waals surface area contributed by atoms with Gasteiger partial charge in [0, 0.05) is 41.8 Å². The lowest BCUT2D eigenvalue weighted by molar-refractivity contribution is -0.193. The largest absolute Gasteiger partial charge is 0.458 e. The molecule has 3 N–H and O–H groups in total. The van der Waals surface area contributed by atoms with Crippen LogP contribution in [0, 0.1) is 5.92 Å².